The number of hydrogen-bond acceptors (Lipinski definition) is 2. The Labute approximate surface area is 85.2 Å². The summed E-state index contributed by atoms with van der Waals surface area (Å²) in [4.78, 5) is 11.7. The predicted octanol–water partition coefficient (Wildman–Crippen LogP) is 1.47. The second-order valence-electron chi connectivity index (χ2n) is 5.44. The quantitative estimate of drug-likeness (QED) is 0.691. The van der Waals surface area contributed by atoms with Crippen LogP contribution < -0.4 is 5.32 Å². The lowest BCUT2D eigenvalue weighted by molar-refractivity contribution is -0.129. The molecule has 2 heterocycles. The molecule has 0 aromatic rings. The minimum Gasteiger partial charge on any atom is -0.373 e. The Morgan fingerprint density at radius 3 is 2.50 bits per heavy atom. The maximum Gasteiger partial charge on any atom is 0.225 e. The normalized spacial score (nSPS) is 36.1. The van der Waals surface area contributed by atoms with Crippen LogP contribution in [0.2, 0.25) is 0 Å². The van der Waals surface area contributed by atoms with Crippen LogP contribution in [0.3, 0.4) is 0 Å². The van der Waals surface area contributed by atoms with Gasteiger partial charge in [-0.3, -0.25) is 4.79 Å². The highest BCUT2D eigenvalue weighted by molar-refractivity contribution is 5.81. The van der Waals surface area contributed by atoms with Crippen LogP contribution >= 0.6 is 0 Å². The number of carbonyl (C=O) groups excluding carboxylic acids is 1. The van der Waals surface area contributed by atoms with Crippen molar-refractivity contribution in [3.8, 4) is 0 Å². The molecule has 0 aromatic heterocycles. The number of carbonyl (C=O) groups is 1. The van der Waals surface area contributed by atoms with Crippen LogP contribution in [0.25, 0.3) is 0 Å². The summed E-state index contributed by atoms with van der Waals surface area (Å²) in [6.07, 6.45) is 3.98. The smallest absolute Gasteiger partial charge is 0.225 e. The number of ether oxygens (including phenoxy) is 1. The van der Waals surface area contributed by atoms with Gasteiger partial charge in [-0.15, -0.1) is 0 Å². The molecule has 2 bridgehead atoms. The summed E-state index contributed by atoms with van der Waals surface area (Å²) >= 11 is 0. The van der Waals surface area contributed by atoms with E-state index < -0.39 is 0 Å². The van der Waals surface area contributed by atoms with Crippen LogP contribution in [-0.4, -0.2) is 24.2 Å². The van der Waals surface area contributed by atoms with Crippen molar-refractivity contribution in [2.24, 2.45) is 5.41 Å². The molecule has 0 radical (unpaired) electrons. The van der Waals surface area contributed by atoms with Crippen LogP contribution in [0.5, 0.6) is 0 Å². The van der Waals surface area contributed by atoms with Crippen molar-refractivity contribution in [2.45, 2.75) is 58.3 Å². The molecule has 0 spiro atoms. The monoisotopic (exact) mass is 197 g/mol. The standard InChI is InChI=1S/C11H19NO2/c1-11(2,3)10(13)12-8-6-7-4-5-9(8)14-7/h7-9H,4-6H2,1-3H3,(H,12,13). The summed E-state index contributed by atoms with van der Waals surface area (Å²) in [5, 5.41) is 3.09. The average Bonchev–Trinajstić information content (AvgIpc) is 2.62. The van der Waals surface area contributed by atoms with Gasteiger partial charge >= 0.3 is 0 Å². The summed E-state index contributed by atoms with van der Waals surface area (Å²) in [5.74, 6) is 0.138. The molecule has 1 amide bonds. The van der Waals surface area contributed by atoms with Crippen LogP contribution in [0.1, 0.15) is 40.0 Å². The van der Waals surface area contributed by atoms with Gasteiger partial charge in [0.15, 0.2) is 0 Å². The van der Waals surface area contributed by atoms with E-state index in [0.717, 1.165) is 12.8 Å². The third kappa shape index (κ3) is 1.78. The van der Waals surface area contributed by atoms with E-state index in [9.17, 15) is 4.79 Å². The Bertz CT molecular complexity index is 244. The zero-order valence-corrected chi connectivity index (χ0v) is 9.17. The van der Waals surface area contributed by atoms with Gasteiger partial charge in [0.2, 0.25) is 5.91 Å². The predicted molar refractivity (Wildman–Crippen MR) is 53.9 cm³/mol. The number of rotatable bonds is 1. The minimum atomic E-state index is -0.290. The number of hydrogen-bond donors (Lipinski definition) is 1. The van der Waals surface area contributed by atoms with Gasteiger partial charge < -0.3 is 10.1 Å². The first-order chi connectivity index (χ1) is 6.47. The Morgan fingerprint density at radius 2 is 2.07 bits per heavy atom. The molecular formula is C11H19NO2. The highest BCUT2D eigenvalue weighted by Crippen LogP contribution is 2.34. The van der Waals surface area contributed by atoms with E-state index in [1.54, 1.807) is 0 Å². The first-order valence-electron chi connectivity index (χ1n) is 5.43. The van der Waals surface area contributed by atoms with Crippen molar-refractivity contribution in [3.63, 3.8) is 0 Å². The fourth-order valence-electron chi connectivity index (χ4n) is 2.17. The highest BCUT2D eigenvalue weighted by Gasteiger charge is 2.42. The fraction of sp³-hybridized carbons (Fsp3) is 0.909. The lowest BCUT2D eigenvalue weighted by Gasteiger charge is -2.25. The van der Waals surface area contributed by atoms with Gasteiger partial charge in [-0.2, -0.15) is 0 Å². The molecular weight excluding hydrogens is 178 g/mol. The van der Waals surface area contributed by atoms with Crippen molar-refractivity contribution in [3.05, 3.63) is 0 Å². The summed E-state index contributed by atoms with van der Waals surface area (Å²) in [6.45, 7) is 5.82. The Balaban J connectivity index is 1.90. The summed E-state index contributed by atoms with van der Waals surface area (Å²) in [6, 6.07) is 0.264. The average molecular weight is 197 g/mol. The van der Waals surface area contributed by atoms with E-state index in [0.29, 0.717) is 6.10 Å². The summed E-state index contributed by atoms with van der Waals surface area (Å²) < 4.78 is 5.68. The molecule has 80 valence electrons. The van der Waals surface area contributed by atoms with E-state index in [-0.39, 0.29) is 23.5 Å². The number of nitrogens with one attached hydrogen (secondary N) is 1. The van der Waals surface area contributed by atoms with Crippen molar-refractivity contribution in [1.82, 2.24) is 5.32 Å². The molecule has 14 heavy (non-hydrogen) atoms. The topological polar surface area (TPSA) is 38.3 Å². The van der Waals surface area contributed by atoms with Crippen molar-refractivity contribution in [1.29, 1.82) is 0 Å². The van der Waals surface area contributed by atoms with Gasteiger partial charge in [-0.25, -0.2) is 0 Å². The molecule has 2 rings (SSSR count). The molecule has 3 nitrogen and oxygen atoms in total. The first kappa shape index (κ1) is 9.97. The van der Waals surface area contributed by atoms with Gasteiger partial charge in [0.25, 0.3) is 0 Å². The van der Waals surface area contributed by atoms with Gasteiger partial charge in [-0.05, 0) is 19.3 Å². The highest BCUT2D eigenvalue weighted by atomic mass is 16.5. The van der Waals surface area contributed by atoms with Crippen molar-refractivity contribution < 1.29 is 9.53 Å². The van der Waals surface area contributed by atoms with Gasteiger partial charge in [-0.1, -0.05) is 20.8 Å². The zero-order chi connectivity index (χ0) is 10.3. The summed E-state index contributed by atoms with van der Waals surface area (Å²) in [7, 11) is 0. The summed E-state index contributed by atoms with van der Waals surface area (Å²) in [5.41, 5.74) is -0.290. The number of fused-ring (bicyclic) bond motifs is 2. The third-order valence-electron chi connectivity index (χ3n) is 3.10. The lowest BCUT2D eigenvalue weighted by Crippen LogP contribution is -2.46. The van der Waals surface area contributed by atoms with Crippen molar-refractivity contribution >= 4 is 5.91 Å². The Hall–Kier alpha value is -0.570. The molecule has 3 unspecified atom stereocenters. The second kappa shape index (κ2) is 3.23. The third-order valence-corrected chi connectivity index (χ3v) is 3.10. The largest absolute Gasteiger partial charge is 0.373 e. The van der Waals surface area contributed by atoms with Crippen LogP contribution in [-0.2, 0) is 9.53 Å². The first-order valence-corrected chi connectivity index (χ1v) is 5.43. The van der Waals surface area contributed by atoms with Crippen LogP contribution in [0, 0.1) is 5.41 Å². The second-order valence-corrected chi connectivity index (χ2v) is 5.44. The Morgan fingerprint density at radius 1 is 1.36 bits per heavy atom. The van der Waals surface area contributed by atoms with E-state index in [4.69, 9.17) is 4.74 Å². The van der Waals surface area contributed by atoms with E-state index in [1.807, 2.05) is 20.8 Å². The maximum absolute atomic E-state index is 11.7. The molecule has 2 saturated heterocycles. The van der Waals surface area contributed by atoms with E-state index >= 15 is 0 Å². The van der Waals surface area contributed by atoms with Gasteiger partial charge in [0.1, 0.15) is 0 Å². The molecule has 0 aliphatic carbocycles. The molecule has 1 N–H and O–H groups in total. The SMILES string of the molecule is CC(C)(C)C(=O)NC1CC2CCC1O2. The van der Waals surface area contributed by atoms with Gasteiger partial charge in [0, 0.05) is 5.41 Å². The van der Waals surface area contributed by atoms with Gasteiger partial charge in [0.05, 0.1) is 18.2 Å². The Kier molecular flexibility index (Phi) is 2.30. The minimum absolute atomic E-state index is 0.138. The van der Waals surface area contributed by atoms with Crippen LogP contribution in [0.15, 0.2) is 0 Å². The molecule has 3 heteroatoms. The molecule has 2 fully saturated rings. The molecule has 2 aliphatic heterocycles. The zero-order valence-electron chi connectivity index (χ0n) is 9.17. The van der Waals surface area contributed by atoms with E-state index in [1.165, 1.54) is 6.42 Å². The fourth-order valence-corrected chi connectivity index (χ4v) is 2.17. The maximum atomic E-state index is 11.7. The molecule has 2 aliphatic rings. The van der Waals surface area contributed by atoms with Crippen molar-refractivity contribution in [2.75, 3.05) is 0 Å². The molecule has 3 atom stereocenters. The van der Waals surface area contributed by atoms with Crippen LogP contribution in [0.4, 0.5) is 0 Å². The molecule has 0 aromatic carbocycles. The molecule has 0 saturated carbocycles. The number of amides is 1. The van der Waals surface area contributed by atoms with E-state index in [2.05, 4.69) is 5.32 Å². The lowest BCUT2D eigenvalue weighted by atomic mass is 9.91.